The SMILES string of the molecule is COC(=O)[C@H]1CC[C@@H](Nc2nnc(Cc3ccc(Cl)cc3)s2)C1. The van der Waals surface area contributed by atoms with Gasteiger partial charge in [-0.1, -0.05) is 35.1 Å². The third-order valence-corrected chi connectivity index (χ3v) is 5.14. The van der Waals surface area contributed by atoms with Gasteiger partial charge in [-0.3, -0.25) is 4.79 Å². The quantitative estimate of drug-likeness (QED) is 0.835. The predicted octanol–water partition coefficient (Wildman–Crippen LogP) is 3.54. The van der Waals surface area contributed by atoms with Crippen molar-refractivity contribution in [2.75, 3.05) is 12.4 Å². The van der Waals surface area contributed by atoms with E-state index in [0.29, 0.717) is 0 Å². The predicted molar refractivity (Wildman–Crippen MR) is 90.9 cm³/mol. The molecule has 0 radical (unpaired) electrons. The zero-order valence-electron chi connectivity index (χ0n) is 12.8. The molecule has 1 aliphatic carbocycles. The zero-order chi connectivity index (χ0) is 16.2. The number of nitrogens with one attached hydrogen (secondary N) is 1. The number of methoxy groups -OCH3 is 1. The van der Waals surface area contributed by atoms with Crippen molar-refractivity contribution < 1.29 is 9.53 Å². The first-order valence-corrected chi connectivity index (χ1v) is 8.74. The van der Waals surface area contributed by atoms with Crippen molar-refractivity contribution in [3.63, 3.8) is 0 Å². The Kier molecular flexibility index (Phi) is 5.13. The summed E-state index contributed by atoms with van der Waals surface area (Å²) in [5.74, 6) is -0.117. The normalized spacial score (nSPS) is 20.4. The van der Waals surface area contributed by atoms with Gasteiger partial charge in [0.25, 0.3) is 0 Å². The first-order chi connectivity index (χ1) is 11.1. The molecule has 0 spiro atoms. The second-order valence-corrected chi connectivity index (χ2v) is 7.18. The van der Waals surface area contributed by atoms with Gasteiger partial charge in [-0.2, -0.15) is 0 Å². The van der Waals surface area contributed by atoms with Crippen LogP contribution in [0.25, 0.3) is 0 Å². The molecule has 0 bridgehead atoms. The Morgan fingerprint density at radius 1 is 1.35 bits per heavy atom. The van der Waals surface area contributed by atoms with E-state index in [-0.39, 0.29) is 17.9 Å². The van der Waals surface area contributed by atoms with Crippen molar-refractivity contribution >= 4 is 34.0 Å². The van der Waals surface area contributed by atoms with Crippen molar-refractivity contribution in [2.45, 2.75) is 31.7 Å². The van der Waals surface area contributed by atoms with Crippen molar-refractivity contribution in [1.29, 1.82) is 0 Å². The fourth-order valence-electron chi connectivity index (χ4n) is 2.83. The minimum absolute atomic E-state index is 0.000964. The molecule has 2 atom stereocenters. The van der Waals surface area contributed by atoms with Gasteiger partial charge in [0.2, 0.25) is 5.13 Å². The monoisotopic (exact) mass is 351 g/mol. The summed E-state index contributed by atoms with van der Waals surface area (Å²) in [5.41, 5.74) is 1.16. The smallest absolute Gasteiger partial charge is 0.308 e. The van der Waals surface area contributed by atoms with Crippen molar-refractivity contribution in [1.82, 2.24) is 10.2 Å². The lowest BCUT2D eigenvalue weighted by molar-refractivity contribution is -0.145. The standard InChI is InChI=1S/C16H18ClN3O2S/c1-22-15(21)11-4-7-13(9-11)18-16-20-19-14(23-16)8-10-2-5-12(17)6-3-10/h2-3,5-6,11,13H,4,7-9H2,1H3,(H,18,20)/t11-,13+/m0/s1. The molecule has 7 heteroatoms. The molecule has 1 heterocycles. The zero-order valence-corrected chi connectivity index (χ0v) is 14.4. The molecule has 2 aromatic rings. The van der Waals surface area contributed by atoms with E-state index >= 15 is 0 Å². The lowest BCUT2D eigenvalue weighted by Crippen LogP contribution is -2.18. The minimum atomic E-state index is -0.116. The molecule has 122 valence electrons. The maximum atomic E-state index is 11.6. The number of nitrogens with zero attached hydrogens (tertiary/aromatic N) is 2. The van der Waals surface area contributed by atoms with E-state index in [2.05, 4.69) is 15.5 Å². The van der Waals surface area contributed by atoms with Gasteiger partial charge in [-0.25, -0.2) is 0 Å². The summed E-state index contributed by atoms with van der Waals surface area (Å²) in [7, 11) is 1.44. The number of benzene rings is 1. The van der Waals surface area contributed by atoms with E-state index in [1.54, 1.807) is 11.3 Å². The summed E-state index contributed by atoms with van der Waals surface area (Å²) in [6.07, 6.45) is 3.34. The van der Waals surface area contributed by atoms with E-state index in [1.807, 2.05) is 24.3 Å². The van der Waals surface area contributed by atoms with Crippen LogP contribution in [0.5, 0.6) is 0 Å². The number of hydrogen-bond donors (Lipinski definition) is 1. The lowest BCUT2D eigenvalue weighted by atomic mass is 10.1. The molecule has 1 saturated carbocycles. The summed E-state index contributed by atoms with van der Waals surface area (Å²) in [4.78, 5) is 11.6. The van der Waals surface area contributed by atoms with Gasteiger partial charge in [0.1, 0.15) is 5.01 Å². The van der Waals surface area contributed by atoms with Crippen LogP contribution in [-0.2, 0) is 16.0 Å². The third-order valence-electron chi connectivity index (χ3n) is 4.03. The van der Waals surface area contributed by atoms with Gasteiger partial charge in [-0.15, -0.1) is 10.2 Å². The van der Waals surface area contributed by atoms with Gasteiger partial charge < -0.3 is 10.1 Å². The number of aromatic nitrogens is 2. The molecular weight excluding hydrogens is 334 g/mol. The Morgan fingerprint density at radius 2 is 2.13 bits per heavy atom. The van der Waals surface area contributed by atoms with Crippen LogP contribution in [0.2, 0.25) is 5.02 Å². The van der Waals surface area contributed by atoms with Gasteiger partial charge in [0.05, 0.1) is 13.0 Å². The maximum absolute atomic E-state index is 11.6. The molecule has 1 aromatic heterocycles. The first-order valence-electron chi connectivity index (χ1n) is 7.55. The summed E-state index contributed by atoms with van der Waals surface area (Å²) in [5, 5.41) is 14.3. The number of anilines is 1. The van der Waals surface area contributed by atoms with Crippen molar-refractivity contribution in [3.05, 3.63) is 39.9 Å². The van der Waals surface area contributed by atoms with Gasteiger partial charge in [0, 0.05) is 17.5 Å². The van der Waals surface area contributed by atoms with E-state index in [0.717, 1.165) is 46.4 Å². The van der Waals surface area contributed by atoms with Crippen LogP contribution >= 0.6 is 22.9 Å². The number of hydrogen-bond acceptors (Lipinski definition) is 6. The Balaban J connectivity index is 1.55. The van der Waals surface area contributed by atoms with E-state index in [4.69, 9.17) is 16.3 Å². The molecule has 23 heavy (non-hydrogen) atoms. The second kappa shape index (κ2) is 7.27. The van der Waals surface area contributed by atoms with Gasteiger partial charge in [0.15, 0.2) is 0 Å². The summed E-state index contributed by atoms with van der Waals surface area (Å²) < 4.78 is 4.81. The number of ether oxygens (including phenoxy) is 1. The third kappa shape index (κ3) is 4.20. The topological polar surface area (TPSA) is 64.1 Å². The number of halogens is 1. The van der Waals surface area contributed by atoms with Crippen LogP contribution < -0.4 is 5.32 Å². The second-order valence-electron chi connectivity index (χ2n) is 5.68. The minimum Gasteiger partial charge on any atom is -0.469 e. The Morgan fingerprint density at radius 3 is 2.87 bits per heavy atom. The summed E-state index contributed by atoms with van der Waals surface area (Å²) in [6, 6.07) is 8.00. The molecule has 1 fully saturated rings. The number of carbonyl (C=O) groups excluding carboxylic acids is 1. The first kappa shape index (κ1) is 16.2. The summed E-state index contributed by atoms with van der Waals surface area (Å²) in [6.45, 7) is 0. The molecule has 5 nitrogen and oxygen atoms in total. The highest BCUT2D eigenvalue weighted by atomic mass is 35.5. The molecule has 0 saturated heterocycles. The molecule has 0 unspecified atom stereocenters. The van der Waals surface area contributed by atoms with E-state index in [1.165, 1.54) is 7.11 Å². The van der Waals surface area contributed by atoms with Crippen molar-refractivity contribution in [2.24, 2.45) is 5.92 Å². The Labute approximate surface area is 144 Å². The molecule has 1 aliphatic rings. The van der Waals surface area contributed by atoms with E-state index in [9.17, 15) is 4.79 Å². The van der Waals surface area contributed by atoms with Gasteiger partial charge in [-0.05, 0) is 37.0 Å². The average Bonchev–Trinajstić information content (AvgIpc) is 3.19. The highest BCUT2D eigenvalue weighted by Gasteiger charge is 2.31. The number of carbonyl (C=O) groups is 1. The van der Waals surface area contributed by atoms with Crippen LogP contribution in [0.4, 0.5) is 5.13 Å². The van der Waals surface area contributed by atoms with E-state index < -0.39 is 0 Å². The Bertz CT molecular complexity index is 674. The number of rotatable bonds is 5. The largest absolute Gasteiger partial charge is 0.469 e. The van der Waals surface area contributed by atoms with Crippen LogP contribution in [0, 0.1) is 5.92 Å². The van der Waals surface area contributed by atoms with Crippen LogP contribution in [0.1, 0.15) is 29.8 Å². The molecule has 1 N–H and O–H groups in total. The molecule has 3 rings (SSSR count). The fourth-order valence-corrected chi connectivity index (χ4v) is 3.81. The maximum Gasteiger partial charge on any atom is 0.308 e. The van der Waals surface area contributed by atoms with Crippen LogP contribution in [0.3, 0.4) is 0 Å². The lowest BCUT2D eigenvalue weighted by Gasteiger charge is -2.10. The molecule has 0 amide bonds. The molecular formula is C16H18ClN3O2S. The summed E-state index contributed by atoms with van der Waals surface area (Å²) >= 11 is 7.44. The van der Waals surface area contributed by atoms with Crippen LogP contribution in [0.15, 0.2) is 24.3 Å². The van der Waals surface area contributed by atoms with Crippen LogP contribution in [-0.4, -0.2) is 29.3 Å². The molecule has 1 aromatic carbocycles. The average molecular weight is 352 g/mol. The molecule has 0 aliphatic heterocycles. The van der Waals surface area contributed by atoms with Gasteiger partial charge >= 0.3 is 5.97 Å². The number of esters is 1. The highest BCUT2D eigenvalue weighted by molar-refractivity contribution is 7.15. The fraction of sp³-hybridized carbons (Fsp3) is 0.438. The highest BCUT2D eigenvalue weighted by Crippen LogP contribution is 2.30. The Hall–Kier alpha value is -1.66. The van der Waals surface area contributed by atoms with Crippen molar-refractivity contribution in [3.8, 4) is 0 Å².